The van der Waals surface area contributed by atoms with E-state index in [4.69, 9.17) is 4.74 Å². The quantitative estimate of drug-likeness (QED) is 0.317. The van der Waals surface area contributed by atoms with Crippen molar-refractivity contribution in [1.82, 2.24) is 0 Å². The maximum Gasteiger partial charge on any atom is 0.333 e. The number of rotatable bonds is 6. The molecule has 86 valence electrons. The highest BCUT2D eigenvalue weighted by Gasteiger charge is 2.03. The van der Waals surface area contributed by atoms with E-state index in [0.29, 0.717) is 12.2 Å². The van der Waals surface area contributed by atoms with Crippen LogP contribution in [0.3, 0.4) is 0 Å². The van der Waals surface area contributed by atoms with E-state index in [1.54, 1.807) is 6.92 Å². The molecule has 0 N–H and O–H groups in total. The summed E-state index contributed by atoms with van der Waals surface area (Å²) in [6, 6.07) is 5.99. The van der Waals surface area contributed by atoms with Crippen LogP contribution in [0.4, 0.5) is 0 Å². The van der Waals surface area contributed by atoms with Gasteiger partial charge < -0.3 is 4.74 Å². The molecule has 0 bridgehead atoms. The Bertz CT molecular complexity index is 346. The summed E-state index contributed by atoms with van der Waals surface area (Å²) in [6.45, 7) is 6.60. The second kappa shape index (κ2) is 6.77. The van der Waals surface area contributed by atoms with Crippen molar-refractivity contribution in [2.24, 2.45) is 0 Å². The van der Waals surface area contributed by atoms with Crippen LogP contribution in [0.1, 0.15) is 19.8 Å². The van der Waals surface area contributed by atoms with Crippen LogP contribution in [-0.4, -0.2) is 12.6 Å². The Kier molecular flexibility index (Phi) is 5.26. The molecule has 0 aliphatic heterocycles. The van der Waals surface area contributed by atoms with E-state index < -0.39 is 0 Å². The van der Waals surface area contributed by atoms with Crippen molar-refractivity contribution < 1.29 is 14.1 Å². The summed E-state index contributed by atoms with van der Waals surface area (Å²) < 4.78 is 7.11. The van der Waals surface area contributed by atoms with Crippen molar-refractivity contribution in [3.05, 3.63) is 42.7 Å². The molecule has 1 aromatic rings. The van der Waals surface area contributed by atoms with Crippen molar-refractivity contribution in [2.75, 3.05) is 6.61 Å². The molecule has 0 atom stereocenters. The highest BCUT2D eigenvalue weighted by Crippen LogP contribution is 1.95. The molecule has 16 heavy (non-hydrogen) atoms. The largest absolute Gasteiger partial charge is 0.462 e. The molecule has 3 heteroatoms. The molecular weight excluding hydrogens is 202 g/mol. The number of carbonyl (C=O) groups excluding carboxylic acids is 1. The van der Waals surface area contributed by atoms with Crippen LogP contribution in [0.5, 0.6) is 0 Å². The van der Waals surface area contributed by atoms with Gasteiger partial charge in [0.05, 0.1) is 6.61 Å². The highest BCUT2D eigenvalue weighted by molar-refractivity contribution is 5.86. The number of carbonyl (C=O) groups is 1. The maximum absolute atomic E-state index is 11.0. The normalized spacial score (nSPS) is 9.81. The van der Waals surface area contributed by atoms with Crippen molar-refractivity contribution in [1.29, 1.82) is 0 Å². The molecular formula is C13H18NO2+. The lowest BCUT2D eigenvalue weighted by molar-refractivity contribution is -0.697. The first-order chi connectivity index (χ1) is 7.70. The number of ether oxygens (including phenoxy) is 1. The molecule has 0 saturated heterocycles. The highest BCUT2D eigenvalue weighted by atomic mass is 16.5. The first-order valence-corrected chi connectivity index (χ1v) is 5.47. The zero-order chi connectivity index (χ0) is 11.8. The summed E-state index contributed by atoms with van der Waals surface area (Å²) in [4.78, 5) is 11.0. The summed E-state index contributed by atoms with van der Waals surface area (Å²) in [5, 5.41) is 0. The van der Waals surface area contributed by atoms with Crippen LogP contribution in [0.2, 0.25) is 0 Å². The lowest BCUT2D eigenvalue weighted by Crippen LogP contribution is -2.32. The van der Waals surface area contributed by atoms with Crippen LogP contribution in [0.15, 0.2) is 42.7 Å². The van der Waals surface area contributed by atoms with Gasteiger partial charge in [-0.3, -0.25) is 0 Å². The number of nitrogens with zero attached hydrogens (tertiary/aromatic N) is 1. The number of hydrogen-bond donors (Lipinski definition) is 0. The van der Waals surface area contributed by atoms with Crippen LogP contribution >= 0.6 is 0 Å². The van der Waals surface area contributed by atoms with E-state index in [9.17, 15) is 4.79 Å². The zero-order valence-electron chi connectivity index (χ0n) is 9.69. The number of unbranched alkanes of at least 4 members (excludes halogenated alkanes) is 1. The molecule has 0 aromatic carbocycles. The third kappa shape index (κ3) is 4.73. The molecule has 3 nitrogen and oxygen atoms in total. The molecule has 0 aliphatic carbocycles. The molecule has 0 unspecified atom stereocenters. The minimum atomic E-state index is -0.299. The van der Waals surface area contributed by atoms with Gasteiger partial charge in [0, 0.05) is 24.1 Å². The summed E-state index contributed by atoms with van der Waals surface area (Å²) in [7, 11) is 0. The Morgan fingerprint density at radius 2 is 1.94 bits per heavy atom. The Labute approximate surface area is 96.4 Å². The predicted molar refractivity (Wildman–Crippen MR) is 61.6 cm³/mol. The Morgan fingerprint density at radius 1 is 1.25 bits per heavy atom. The molecule has 0 aliphatic rings. The van der Waals surface area contributed by atoms with E-state index in [-0.39, 0.29) is 5.97 Å². The van der Waals surface area contributed by atoms with Crippen molar-refractivity contribution >= 4 is 5.97 Å². The molecule has 0 saturated carbocycles. The van der Waals surface area contributed by atoms with E-state index in [1.165, 1.54) is 0 Å². The Balaban J connectivity index is 2.09. The van der Waals surface area contributed by atoms with Gasteiger partial charge in [0.2, 0.25) is 0 Å². The summed E-state index contributed by atoms with van der Waals surface area (Å²) in [5.74, 6) is -0.299. The van der Waals surface area contributed by atoms with E-state index in [0.717, 1.165) is 19.4 Å². The molecule has 0 radical (unpaired) electrons. The van der Waals surface area contributed by atoms with Gasteiger partial charge >= 0.3 is 5.97 Å². The van der Waals surface area contributed by atoms with Gasteiger partial charge in [-0.2, -0.15) is 0 Å². The van der Waals surface area contributed by atoms with E-state index in [2.05, 4.69) is 11.1 Å². The molecule has 0 amide bonds. The monoisotopic (exact) mass is 220 g/mol. The van der Waals surface area contributed by atoms with Crippen molar-refractivity contribution in [2.45, 2.75) is 26.3 Å². The number of hydrogen-bond acceptors (Lipinski definition) is 2. The average molecular weight is 220 g/mol. The number of esters is 1. The number of aryl methyl sites for hydroxylation is 1. The van der Waals surface area contributed by atoms with Crippen molar-refractivity contribution in [3.63, 3.8) is 0 Å². The van der Waals surface area contributed by atoms with Gasteiger partial charge in [0.25, 0.3) is 0 Å². The van der Waals surface area contributed by atoms with E-state index in [1.807, 2.05) is 30.6 Å². The van der Waals surface area contributed by atoms with Crippen molar-refractivity contribution in [3.8, 4) is 0 Å². The van der Waals surface area contributed by atoms with Gasteiger partial charge in [-0.25, -0.2) is 9.36 Å². The number of aromatic nitrogens is 1. The third-order valence-electron chi connectivity index (χ3n) is 2.17. The lowest BCUT2D eigenvalue weighted by Gasteiger charge is -2.02. The lowest BCUT2D eigenvalue weighted by atomic mass is 10.3. The molecule has 1 rings (SSSR count). The number of pyridine rings is 1. The van der Waals surface area contributed by atoms with Gasteiger partial charge in [-0.15, -0.1) is 0 Å². The van der Waals surface area contributed by atoms with Crippen LogP contribution < -0.4 is 4.57 Å². The summed E-state index contributed by atoms with van der Waals surface area (Å²) in [5.41, 5.74) is 0.456. The molecule has 1 heterocycles. The standard InChI is InChI=1S/C13H18NO2/c1-12(2)13(15)16-11-7-6-10-14-8-4-3-5-9-14/h3-5,8-9H,1,6-7,10-11H2,2H3/q+1. The fourth-order valence-electron chi connectivity index (χ4n) is 1.27. The molecule has 0 fully saturated rings. The SMILES string of the molecule is C=C(C)C(=O)OCCCC[n+]1ccccc1. The fourth-order valence-corrected chi connectivity index (χ4v) is 1.27. The van der Waals surface area contributed by atoms with Gasteiger partial charge in [0.15, 0.2) is 12.4 Å². The van der Waals surface area contributed by atoms with Crippen LogP contribution in [0, 0.1) is 0 Å². The van der Waals surface area contributed by atoms with E-state index >= 15 is 0 Å². The minimum Gasteiger partial charge on any atom is -0.462 e. The van der Waals surface area contributed by atoms with Crippen LogP contribution in [0.25, 0.3) is 0 Å². The third-order valence-corrected chi connectivity index (χ3v) is 2.17. The molecule has 0 spiro atoms. The molecule has 1 aromatic heterocycles. The zero-order valence-corrected chi connectivity index (χ0v) is 9.69. The first-order valence-electron chi connectivity index (χ1n) is 5.47. The summed E-state index contributed by atoms with van der Waals surface area (Å²) >= 11 is 0. The van der Waals surface area contributed by atoms with Gasteiger partial charge in [0.1, 0.15) is 6.54 Å². The van der Waals surface area contributed by atoms with Gasteiger partial charge in [-0.05, 0) is 13.3 Å². The smallest absolute Gasteiger partial charge is 0.333 e. The average Bonchev–Trinajstić information content (AvgIpc) is 2.29. The second-order valence-corrected chi connectivity index (χ2v) is 3.74. The minimum absolute atomic E-state index is 0.299. The first kappa shape index (κ1) is 12.4. The fraction of sp³-hybridized carbons (Fsp3) is 0.385. The topological polar surface area (TPSA) is 30.2 Å². The Morgan fingerprint density at radius 3 is 2.56 bits per heavy atom. The Hall–Kier alpha value is -1.64. The maximum atomic E-state index is 11.0. The van der Waals surface area contributed by atoms with Gasteiger partial charge in [-0.1, -0.05) is 12.6 Å². The van der Waals surface area contributed by atoms with Crippen LogP contribution in [-0.2, 0) is 16.1 Å². The second-order valence-electron chi connectivity index (χ2n) is 3.74. The predicted octanol–water partition coefficient (Wildman–Crippen LogP) is 1.87. The summed E-state index contributed by atoms with van der Waals surface area (Å²) in [6.07, 6.45) is 5.93.